The van der Waals surface area contributed by atoms with Crippen molar-refractivity contribution in [3.05, 3.63) is 42.0 Å². The second-order valence-corrected chi connectivity index (χ2v) is 8.27. The molecule has 0 saturated heterocycles. The Morgan fingerprint density at radius 1 is 1.07 bits per heavy atom. The van der Waals surface area contributed by atoms with Crippen LogP contribution in [0.15, 0.2) is 36.4 Å². The number of carbonyl (C=O) groups excluding carboxylic acids is 3. The Balaban J connectivity index is 2.50. The lowest BCUT2D eigenvalue weighted by molar-refractivity contribution is -0.178. The molecule has 2 rings (SSSR count). The van der Waals surface area contributed by atoms with Crippen molar-refractivity contribution in [1.29, 1.82) is 0 Å². The molecule has 0 heterocycles. The Kier molecular flexibility index (Phi) is 7.36. The van der Waals surface area contributed by atoms with E-state index in [-0.39, 0.29) is 6.42 Å². The van der Waals surface area contributed by atoms with Crippen molar-refractivity contribution in [2.24, 2.45) is 17.8 Å². The molecule has 6 heteroatoms. The molecule has 0 unspecified atom stereocenters. The minimum Gasteiger partial charge on any atom is -0.463 e. The van der Waals surface area contributed by atoms with Crippen molar-refractivity contribution in [3.8, 4) is 0 Å². The van der Waals surface area contributed by atoms with E-state index in [1.165, 1.54) is 6.92 Å². The molecule has 1 aliphatic rings. The summed E-state index contributed by atoms with van der Waals surface area (Å²) < 4.78 is 10.6. The first-order valence-corrected chi connectivity index (χ1v) is 9.92. The molecule has 1 aliphatic carbocycles. The van der Waals surface area contributed by atoms with Crippen molar-refractivity contribution in [2.75, 3.05) is 0 Å². The number of hydrogen-bond donors (Lipinski definition) is 1. The summed E-state index contributed by atoms with van der Waals surface area (Å²) in [6, 6.07) is 9.32. The number of rotatable bonds is 6. The van der Waals surface area contributed by atoms with Crippen molar-refractivity contribution in [3.63, 3.8) is 0 Å². The summed E-state index contributed by atoms with van der Waals surface area (Å²) >= 11 is 0. The van der Waals surface area contributed by atoms with E-state index in [4.69, 9.17) is 9.47 Å². The summed E-state index contributed by atoms with van der Waals surface area (Å²) in [5, 5.41) is 10.9. The number of carbonyl (C=O) groups is 3. The van der Waals surface area contributed by atoms with Crippen LogP contribution >= 0.6 is 0 Å². The molecule has 1 aromatic rings. The summed E-state index contributed by atoms with van der Waals surface area (Å²) in [6.07, 6.45) is 2.26. The number of esters is 2. The Hall–Kier alpha value is -2.47. The largest absolute Gasteiger partial charge is 0.463 e. The number of ketones is 1. The van der Waals surface area contributed by atoms with Crippen LogP contribution in [0, 0.1) is 17.8 Å². The van der Waals surface area contributed by atoms with Crippen molar-refractivity contribution < 1.29 is 29.0 Å². The number of benzene rings is 1. The second kappa shape index (κ2) is 9.35. The van der Waals surface area contributed by atoms with Gasteiger partial charge in [-0.2, -0.15) is 0 Å². The van der Waals surface area contributed by atoms with Gasteiger partial charge in [0.15, 0.2) is 5.78 Å². The van der Waals surface area contributed by atoms with E-state index in [2.05, 4.69) is 0 Å². The monoisotopic (exact) mass is 402 g/mol. The number of hydrogen-bond acceptors (Lipinski definition) is 6. The van der Waals surface area contributed by atoms with Gasteiger partial charge in [-0.1, -0.05) is 42.5 Å². The van der Waals surface area contributed by atoms with Crippen molar-refractivity contribution >= 4 is 23.8 Å². The third kappa shape index (κ3) is 5.76. The normalized spacial score (nSPS) is 27.4. The molecular formula is C23H30O6. The molecular weight excluding hydrogens is 372 g/mol. The smallest absolute Gasteiger partial charge is 0.317 e. The van der Waals surface area contributed by atoms with Gasteiger partial charge in [0.2, 0.25) is 0 Å². The zero-order valence-corrected chi connectivity index (χ0v) is 17.6. The van der Waals surface area contributed by atoms with E-state index in [0.717, 1.165) is 5.56 Å². The minimum absolute atomic E-state index is 0.321. The van der Waals surface area contributed by atoms with E-state index in [1.54, 1.807) is 39.8 Å². The average Bonchev–Trinajstić information content (AvgIpc) is 2.58. The van der Waals surface area contributed by atoms with Gasteiger partial charge in [0.1, 0.15) is 5.92 Å². The molecule has 0 aromatic heterocycles. The Morgan fingerprint density at radius 3 is 2.17 bits per heavy atom. The van der Waals surface area contributed by atoms with Crippen LogP contribution in [0.4, 0.5) is 0 Å². The van der Waals surface area contributed by atoms with E-state index < -0.39 is 53.3 Å². The third-order valence-electron chi connectivity index (χ3n) is 4.84. The molecule has 0 spiro atoms. The summed E-state index contributed by atoms with van der Waals surface area (Å²) in [6.45, 7) is 8.24. The zero-order valence-electron chi connectivity index (χ0n) is 17.6. The first-order valence-electron chi connectivity index (χ1n) is 9.92. The average molecular weight is 402 g/mol. The van der Waals surface area contributed by atoms with Gasteiger partial charge in [0, 0.05) is 12.3 Å². The van der Waals surface area contributed by atoms with Crippen molar-refractivity contribution in [2.45, 2.75) is 58.8 Å². The fourth-order valence-electron chi connectivity index (χ4n) is 3.71. The quantitative estimate of drug-likeness (QED) is 0.581. The van der Waals surface area contributed by atoms with Crippen LogP contribution in [0.3, 0.4) is 0 Å². The molecule has 158 valence electrons. The summed E-state index contributed by atoms with van der Waals surface area (Å²) in [4.78, 5) is 38.4. The molecule has 29 heavy (non-hydrogen) atoms. The number of aliphatic hydroxyl groups is 1. The molecule has 4 atom stereocenters. The standard InChI is InChI=1S/C23H30O6/c1-14(2)28-21(25)19-17(12-11-16-9-7-6-8-10-16)20(22(26)29-15(3)4)23(5,27)13-18(19)24/h6-12,14-15,17,19-20,27H,13H2,1-5H3/b12-11+/t17-,19+,20+,23-/m1/s1. The highest BCUT2D eigenvalue weighted by atomic mass is 16.5. The first-order chi connectivity index (χ1) is 13.5. The van der Waals surface area contributed by atoms with Gasteiger partial charge in [0.05, 0.1) is 23.7 Å². The van der Waals surface area contributed by atoms with Gasteiger partial charge in [-0.15, -0.1) is 0 Å². The predicted octanol–water partition coefficient (Wildman–Crippen LogP) is 3.18. The van der Waals surface area contributed by atoms with Gasteiger partial charge in [-0.25, -0.2) is 0 Å². The van der Waals surface area contributed by atoms with Crippen LogP contribution in [0.25, 0.3) is 6.08 Å². The van der Waals surface area contributed by atoms with E-state index in [0.29, 0.717) is 0 Å². The van der Waals surface area contributed by atoms with Gasteiger partial charge in [0.25, 0.3) is 0 Å². The molecule has 0 amide bonds. The molecule has 1 aromatic carbocycles. The maximum absolute atomic E-state index is 12.9. The number of allylic oxidation sites excluding steroid dienone is 1. The number of ether oxygens (including phenoxy) is 2. The SMILES string of the molecule is CC(C)OC(=O)[C@@H]1C(=O)C[C@@](C)(O)[C@H](C(=O)OC(C)C)[C@@H]1/C=C/c1ccccc1. The van der Waals surface area contributed by atoms with E-state index in [9.17, 15) is 19.5 Å². The molecule has 1 saturated carbocycles. The fourth-order valence-corrected chi connectivity index (χ4v) is 3.71. The highest BCUT2D eigenvalue weighted by molar-refractivity contribution is 6.02. The highest BCUT2D eigenvalue weighted by Gasteiger charge is 2.56. The number of Topliss-reactive ketones (excluding diaryl/α,β-unsaturated/α-hetero) is 1. The molecule has 0 radical (unpaired) electrons. The van der Waals surface area contributed by atoms with Gasteiger partial charge >= 0.3 is 11.9 Å². The third-order valence-corrected chi connectivity index (χ3v) is 4.84. The lowest BCUT2D eigenvalue weighted by atomic mass is 9.63. The predicted molar refractivity (Wildman–Crippen MR) is 109 cm³/mol. The zero-order chi connectivity index (χ0) is 21.8. The van der Waals surface area contributed by atoms with Crippen LogP contribution in [0.2, 0.25) is 0 Å². The topological polar surface area (TPSA) is 89.9 Å². The Labute approximate surface area is 171 Å². The van der Waals surface area contributed by atoms with E-state index in [1.807, 2.05) is 30.3 Å². The lowest BCUT2D eigenvalue weighted by Crippen LogP contribution is -2.56. The summed E-state index contributed by atoms with van der Waals surface area (Å²) in [5.74, 6) is -4.91. The fraction of sp³-hybridized carbons (Fsp3) is 0.522. The highest BCUT2D eigenvalue weighted by Crippen LogP contribution is 2.42. The van der Waals surface area contributed by atoms with Gasteiger partial charge < -0.3 is 14.6 Å². The lowest BCUT2D eigenvalue weighted by Gasteiger charge is -2.42. The Bertz CT molecular complexity index is 755. The van der Waals surface area contributed by atoms with E-state index >= 15 is 0 Å². The molecule has 0 bridgehead atoms. The first kappa shape index (κ1) is 22.8. The summed E-state index contributed by atoms with van der Waals surface area (Å²) in [7, 11) is 0. The van der Waals surface area contributed by atoms with Gasteiger partial charge in [-0.3, -0.25) is 14.4 Å². The summed E-state index contributed by atoms with van der Waals surface area (Å²) in [5.41, 5.74) is -0.791. The van der Waals surface area contributed by atoms with Crippen LogP contribution in [0.1, 0.15) is 46.6 Å². The van der Waals surface area contributed by atoms with Crippen LogP contribution in [-0.2, 0) is 23.9 Å². The Morgan fingerprint density at radius 2 is 1.62 bits per heavy atom. The second-order valence-electron chi connectivity index (χ2n) is 8.27. The van der Waals surface area contributed by atoms with Crippen LogP contribution < -0.4 is 0 Å². The maximum Gasteiger partial charge on any atom is 0.317 e. The maximum atomic E-state index is 12.9. The molecule has 1 N–H and O–H groups in total. The van der Waals surface area contributed by atoms with Crippen LogP contribution in [-0.4, -0.2) is 40.6 Å². The molecule has 0 aliphatic heterocycles. The van der Waals surface area contributed by atoms with Gasteiger partial charge in [-0.05, 0) is 40.2 Å². The van der Waals surface area contributed by atoms with Crippen molar-refractivity contribution in [1.82, 2.24) is 0 Å². The molecule has 6 nitrogen and oxygen atoms in total. The minimum atomic E-state index is -1.64. The van der Waals surface area contributed by atoms with Crippen LogP contribution in [0.5, 0.6) is 0 Å². The molecule has 1 fully saturated rings.